The fraction of sp³-hybridized carbons (Fsp3) is 0.571. The third-order valence-corrected chi connectivity index (χ3v) is 5.00. The zero-order valence-electron chi connectivity index (χ0n) is 16.8. The van der Waals surface area contributed by atoms with Crippen molar-refractivity contribution in [2.75, 3.05) is 26.2 Å². The highest BCUT2D eigenvalue weighted by Gasteiger charge is 2.24. The molecule has 2 aromatic heterocycles. The lowest BCUT2D eigenvalue weighted by atomic mass is 10.1. The van der Waals surface area contributed by atoms with Crippen LogP contribution in [0.2, 0.25) is 0 Å². The number of carbonyl (C=O) groups is 1. The summed E-state index contributed by atoms with van der Waals surface area (Å²) in [5.74, 6) is 0.651. The molecule has 0 radical (unpaired) electrons. The van der Waals surface area contributed by atoms with Gasteiger partial charge in [-0.3, -0.25) is 19.4 Å². The Morgan fingerprint density at radius 3 is 2.63 bits per heavy atom. The number of hydrogen-bond acceptors (Lipinski definition) is 4. The first-order valence-electron chi connectivity index (χ1n) is 10.0. The molecule has 0 unspecified atom stereocenters. The zero-order chi connectivity index (χ0) is 19.2. The molecule has 0 saturated carbocycles. The SMILES string of the molecule is CCn1nc(CC(C)C)cc1C(=O)N1CCCN(Cc2ccncc2)CC1. The molecule has 27 heavy (non-hydrogen) atoms. The Hall–Kier alpha value is -2.21. The van der Waals surface area contributed by atoms with Crippen LogP contribution in [0.15, 0.2) is 30.6 Å². The second-order valence-corrected chi connectivity index (χ2v) is 7.71. The smallest absolute Gasteiger partial charge is 0.272 e. The molecule has 6 nitrogen and oxygen atoms in total. The third kappa shape index (κ3) is 5.16. The summed E-state index contributed by atoms with van der Waals surface area (Å²) in [4.78, 5) is 21.6. The van der Waals surface area contributed by atoms with E-state index >= 15 is 0 Å². The summed E-state index contributed by atoms with van der Waals surface area (Å²) in [6.45, 7) is 11.5. The van der Waals surface area contributed by atoms with Crippen molar-refractivity contribution in [3.05, 3.63) is 47.5 Å². The summed E-state index contributed by atoms with van der Waals surface area (Å²) in [5.41, 5.74) is 3.02. The standard InChI is InChI=1S/C21H31N5O/c1-4-26-20(15-19(23-26)14-17(2)3)21(27)25-11-5-10-24(12-13-25)16-18-6-8-22-9-7-18/h6-9,15,17H,4-5,10-14,16H2,1-3H3. The zero-order valence-corrected chi connectivity index (χ0v) is 16.8. The molecule has 0 N–H and O–H groups in total. The molecule has 1 aliphatic rings. The first kappa shape index (κ1) is 19.5. The molecule has 0 atom stereocenters. The molecule has 146 valence electrons. The number of carbonyl (C=O) groups excluding carboxylic acids is 1. The molecule has 1 amide bonds. The molecule has 2 aromatic rings. The van der Waals surface area contributed by atoms with Gasteiger partial charge in [-0.15, -0.1) is 0 Å². The summed E-state index contributed by atoms with van der Waals surface area (Å²) in [7, 11) is 0. The van der Waals surface area contributed by atoms with Crippen LogP contribution in [0.4, 0.5) is 0 Å². The first-order valence-corrected chi connectivity index (χ1v) is 10.0. The highest BCUT2D eigenvalue weighted by Crippen LogP contribution is 2.15. The van der Waals surface area contributed by atoms with Gasteiger partial charge in [0.2, 0.25) is 0 Å². The van der Waals surface area contributed by atoms with Crippen LogP contribution in [-0.2, 0) is 19.5 Å². The van der Waals surface area contributed by atoms with Gasteiger partial charge >= 0.3 is 0 Å². The molecule has 1 saturated heterocycles. The maximum Gasteiger partial charge on any atom is 0.272 e. The Kier molecular flexibility index (Phi) is 6.61. The summed E-state index contributed by atoms with van der Waals surface area (Å²) >= 11 is 0. The molecule has 0 bridgehead atoms. The number of hydrogen-bond donors (Lipinski definition) is 0. The van der Waals surface area contributed by atoms with Crippen LogP contribution in [0.1, 0.15) is 48.9 Å². The quantitative estimate of drug-likeness (QED) is 0.786. The molecule has 3 rings (SSSR count). The van der Waals surface area contributed by atoms with E-state index in [1.807, 2.05) is 35.0 Å². The molecular formula is C21H31N5O. The number of amides is 1. The minimum Gasteiger partial charge on any atom is -0.336 e. The predicted molar refractivity (Wildman–Crippen MR) is 106 cm³/mol. The van der Waals surface area contributed by atoms with Crippen LogP contribution in [0, 0.1) is 5.92 Å². The summed E-state index contributed by atoms with van der Waals surface area (Å²) in [5, 5.41) is 4.63. The lowest BCUT2D eigenvalue weighted by Gasteiger charge is -2.22. The Morgan fingerprint density at radius 2 is 1.93 bits per heavy atom. The van der Waals surface area contributed by atoms with Crippen molar-refractivity contribution in [1.29, 1.82) is 0 Å². The van der Waals surface area contributed by atoms with E-state index in [1.54, 1.807) is 0 Å². The average molecular weight is 370 g/mol. The van der Waals surface area contributed by atoms with E-state index in [0.29, 0.717) is 5.92 Å². The van der Waals surface area contributed by atoms with Crippen LogP contribution in [0.25, 0.3) is 0 Å². The second-order valence-electron chi connectivity index (χ2n) is 7.71. The lowest BCUT2D eigenvalue weighted by Crippen LogP contribution is -2.36. The van der Waals surface area contributed by atoms with E-state index in [1.165, 1.54) is 5.56 Å². The average Bonchev–Trinajstić information content (AvgIpc) is 2.91. The van der Waals surface area contributed by atoms with Gasteiger partial charge in [0.1, 0.15) is 5.69 Å². The van der Waals surface area contributed by atoms with Crippen molar-refractivity contribution in [3.8, 4) is 0 Å². The van der Waals surface area contributed by atoms with Gasteiger partial charge in [-0.2, -0.15) is 5.10 Å². The van der Waals surface area contributed by atoms with Crippen molar-refractivity contribution in [3.63, 3.8) is 0 Å². The van der Waals surface area contributed by atoms with E-state index < -0.39 is 0 Å². The minimum atomic E-state index is 0.116. The number of nitrogens with zero attached hydrogens (tertiary/aromatic N) is 5. The summed E-state index contributed by atoms with van der Waals surface area (Å²) < 4.78 is 1.86. The molecular weight excluding hydrogens is 338 g/mol. The largest absolute Gasteiger partial charge is 0.336 e. The molecule has 3 heterocycles. The Labute approximate surface area is 162 Å². The molecule has 6 heteroatoms. The van der Waals surface area contributed by atoms with Gasteiger partial charge in [0.05, 0.1) is 5.69 Å². The minimum absolute atomic E-state index is 0.116. The molecule has 0 aromatic carbocycles. The highest BCUT2D eigenvalue weighted by molar-refractivity contribution is 5.92. The second kappa shape index (κ2) is 9.13. The van der Waals surface area contributed by atoms with Gasteiger partial charge in [0, 0.05) is 51.7 Å². The van der Waals surface area contributed by atoms with Gasteiger partial charge < -0.3 is 4.90 Å². The van der Waals surface area contributed by atoms with Crippen LogP contribution in [-0.4, -0.2) is 56.7 Å². The summed E-state index contributed by atoms with van der Waals surface area (Å²) in [6, 6.07) is 6.11. The lowest BCUT2D eigenvalue weighted by molar-refractivity contribution is 0.0748. The van der Waals surface area contributed by atoms with Crippen LogP contribution in [0.5, 0.6) is 0 Å². The number of rotatable bonds is 6. The first-order chi connectivity index (χ1) is 13.1. The summed E-state index contributed by atoms with van der Waals surface area (Å²) in [6.07, 6.45) is 5.58. The Balaban J connectivity index is 1.64. The van der Waals surface area contributed by atoms with E-state index in [0.717, 1.165) is 63.5 Å². The van der Waals surface area contributed by atoms with Gasteiger partial charge in [0.25, 0.3) is 5.91 Å². The Bertz CT molecular complexity index is 740. The van der Waals surface area contributed by atoms with Crippen molar-refractivity contribution in [2.24, 2.45) is 5.92 Å². The fourth-order valence-corrected chi connectivity index (χ4v) is 3.64. The molecule has 1 fully saturated rings. The van der Waals surface area contributed by atoms with Crippen molar-refractivity contribution in [1.82, 2.24) is 24.6 Å². The molecule has 0 aliphatic carbocycles. The van der Waals surface area contributed by atoms with Gasteiger partial charge in [-0.25, -0.2) is 0 Å². The van der Waals surface area contributed by atoms with E-state index in [-0.39, 0.29) is 5.91 Å². The van der Waals surface area contributed by atoms with Gasteiger partial charge in [-0.05, 0) is 49.4 Å². The van der Waals surface area contributed by atoms with Gasteiger partial charge in [-0.1, -0.05) is 13.8 Å². The highest BCUT2D eigenvalue weighted by atomic mass is 16.2. The van der Waals surface area contributed by atoms with E-state index in [9.17, 15) is 4.79 Å². The number of pyridine rings is 1. The predicted octanol–water partition coefficient (Wildman–Crippen LogP) is 2.84. The van der Waals surface area contributed by atoms with Crippen LogP contribution in [0.3, 0.4) is 0 Å². The number of aromatic nitrogens is 3. The normalized spacial score (nSPS) is 15.9. The van der Waals surface area contributed by atoms with E-state index in [4.69, 9.17) is 0 Å². The van der Waals surface area contributed by atoms with Crippen molar-refractivity contribution >= 4 is 5.91 Å². The topological polar surface area (TPSA) is 54.3 Å². The van der Waals surface area contributed by atoms with Crippen LogP contribution >= 0.6 is 0 Å². The van der Waals surface area contributed by atoms with Crippen LogP contribution < -0.4 is 0 Å². The van der Waals surface area contributed by atoms with E-state index in [2.05, 4.69) is 41.0 Å². The molecule has 1 aliphatic heterocycles. The van der Waals surface area contributed by atoms with Crippen molar-refractivity contribution in [2.45, 2.75) is 46.7 Å². The number of aryl methyl sites for hydroxylation is 1. The van der Waals surface area contributed by atoms with Crippen molar-refractivity contribution < 1.29 is 4.79 Å². The maximum absolute atomic E-state index is 13.1. The third-order valence-electron chi connectivity index (χ3n) is 5.00. The van der Waals surface area contributed by atoms with Gasteiger partial charge in [0.15, 0.2) is 0 Å². The molecule has 0 spiro atoms. The Morgan fingerprint density at radius 1 is 1.15 bits per heavy atom. The monoisotopic (exact) mass is 369 g/mol. The fourth-order valence-electron chi connectivity index (χ4n) is 3.64. The maximum atomic E-state index is 13.1.